The Hall–Kier alpha value is -2.08. The van der Waals surface area contributed by atoms with Gasteiger partial charge in [0, 0.05) is 5.56 Å². The first-order valence-electron chi connectivity index (χ1n) is 4.35. The zero-order valence-electron chi connectivity index (χ0n) is 8.54. The summed E-state index contributed by atoms with van der Waals surface area (Å²) in [5.74, 6) is -2.44. The second kappa shape index (κ2) is 5.50. The fourth-order valence-corrected chi connectivity index (χ4v) is 1.68. The van der Waals surface area contributed by atoms with E-state index in [1.54, 1.807) is 0 Å². The number of carboxylic acids is 1. The van der Waals surface area contributed by atoms with Crippen molar-refractivity contribution < 1.29 is 14.3 Å². The molecular formula is C11H3Cl2FN2O2. The van der Waals surface area contributed by atoms with Gasteiger partial charge in [0.05, 0.1) is 15.6 Å². The zero-order chi connectivity index (χ0) is 13.9. The minimum absolute atomic E-state index is 0.214. The lowest BCUT2D eigenvalue weighted by molar-refractivity contribution is 0.0696. The van der Waals surface area contributed by atoms with Crippen LogP contribution in [-0.4, -0.2) is 11.1 Å². The SMILES string of the molecule is N#CC(C#N)=Cc1c(Cl)c(F)cc(C(=O)O)c1Cl. The zero-order valence-corrected chi connectivity index (χ0v) is 10.1. The fourth-order valence-electron chi connectivity index (χ4n) is 1.14. The van der Waals surface area contributed by atoms with Crippen molar-refractivity contribution in [3.05, 3.63) is 38.6 Å². The van der Waals surface area contributed by atoms with Gasteiger partial charge in [0.15, 0.2) is 0 Å². The Balaban J connectivity index is 3.65. The normalized spacial score (nSPS) is 9.17. The van der Waals surface area contributed by atoms with Crippen molar-refractivity contribution in [2.24, 2.45) is 0 Å². The molecule has 0 fully saturated rings. The first kappa shape index (κ1) is 14.0. The maximum Gasteiger partial charge on any atom is 0.337 e. The van der Waals surface area contributed by atoms with Crippen molar-refractivity contribution in [3.63, 3.8) is 0 Å². The Morgan fingerprint density at radius 3 is 2.33 bits per heavy atom. The van der Waals surface area contributed by atoms with Crippen LogP contribution in [0.4, 0.5) is 4.39 Å². The molecule has 0 heterocycles. The molecule has 0 aliphatic rings. The molecule has 4 nitrogen and oxygen atoms in total. The van der Waals surface area contributed by atoms with E-state index in [0.717, 1.165) is 6.08 Å². The average Bonchev–Trinajstić information content (AvgIpc) is 2.34. The predicted octanol–water partition coefficient (Wildman–Crippen LogP) is 3.26. The second-order valence-corrected chi connectivity index (χ2v) is 3.79. The Morgan fingerprint density at radius 1 is 1.33 bits per heavy atom. The molecule has 0 bridgehead atoms. The summed E-state index contributed by atoms with van der Waals surface area (Å²) in [5.41, 5.74) is -1.09. The molecule has 1 rings (SSSR count). The summed E-state index contributed by atoms with van der Waals surface area (Å²) in [6.07, 6.45) is 0.931. The lowest BCUT2D eigenvalue weighted by Crippen LogP contribution is -2.01. The van der Waals surface area contributed by atoms with E-state index in [0.29, 0.717) is 6.07 Å². The molecule has 0 saturated heterocycles. The molecule has 7 heteroatoms. The highest BCUT2D eigenvalue weighted by atomic mass is 35.5. The molecule has 0 spiro atoms. The van der Waals surface area contributed by atoms with Gasteiger partial charge in [0.2, 0.25) is 0 Å². The molecule has 1 aromatic rings. The summed E-state index contributed by atoms with van der Waals surface area (Å²) in [4.78, 5) is 10.8. The van der Waals surface area contributed by atoms with E-state index in [4.69, 9.17) is 38.8 Å². The van der Waals surface area contributed by atoms with Crippen molar-refractivity contribution >= 4 is 35.2 Å². The molecular weight excluding hydrogens is 282 g/mol. The lowest BCUT2D eigenvalue weighted by Gasteiger charge is -2.06. The van der Waals surface area contributed by atoms with E-state index in [1.165, 1.54) is 12.1 Å². The standard InChI is InChI=1S/C11H3Cl2FN2O2/c12-9-6(1-5(3-15)4-16)10(13)8(14)2-7(9)11(17)18/h1-2H,(H,17,18). The van der Waals surface area contributed by atoms with E-state index in [-0.39, 0.29) is 16.2 Å². The average molecular weight is 285 g/mol. The smallest absolute Gasteiger partial charge is 0.337 e. The van der Waals surface area contributed by atoms with Crippen LogP contribution in [0.25, 0.3) is 6.08 Å². The van der Waals surface area contributed by atoms with Crippen LogP contribution in [-0.2, 0) is 0 Å². The van der Waals surface area contributed by atoms with Gasteiger partial charge in [0.25, 0.3) is 0 Å². The fraction of sp³-hybridized carbons (Fsp3) is 0. The number of nitrogens with zero attached hydrogens (tertiary/aromatic N) is 2. The van der Waals surface area contributed by atoms with Gasteiger partial charge in [-0.05, 0) is 12.1 Å². The van der Waals surface area contributed by atoms with E-state index in [9.17, 15) is 9.18 Å². The second-order valence-electron chi connectivity index (χ2n) is 3.03. The van der Waals surface area contributed by atoms with E-state index < -0.39 is 22.4 Å². The largest absolute Gasteiger partial charge is 0.478 e. The highest BCUT2D eigenvalue weighted by Gasteiger charge is 2.19. The number of halogens is 3. The Morgan fingerprint density at radius 2 is 1.89 bits per heavy atom. The van der Waals surface area contributed by atoms with Crippen LogP contribution < -0.4 is 0 Å². The summed E-state index contributed by atoms with van der Waals surface area (Å²) in [6.45, 7) is 0. The van der Waals surface area contributed by atoms with Crippen molar-refractivity contribution in [3.8, 4) is 12.1 Å². The quantitative estimate of drug-likeness (QED) is 0.667. The highest BCUT2D eigenvalue weighted by Crippen LogP contribution is 2.32. The van der Waals surface area contributed by atoms with Gasteiger partial charge in [0.1, 0.15) is 23.5 Å². The van der Waals surface area contributed by atoms with Crippen molar-refractivity contribution in [2.45, 2.75) is 0 Å². The van der Waals surface area contributed by atoms with Gasteiger partial charge < -0.3 is 5.11 Å². The van der Waals surface area contributed by atoms with Gasteiger partial charge >= 0.3 is 5.97 Å². The van der Waals surface area contributed by atoms with E-state index >= 15 is 0 Å². The van der Waals surface area contributed by atoms with Crippen LogP contribution in [0.2, 0.25) is 10.0 Å². The van der Waals surface area contributed by atoms with Crippen molar-refractivity contribution in [1.29, 1.82) is 10.5 Å². The molecule has 0 atom stereocenters. The van der Waals surface area contributed by atoms with Gasteiger partial charge in [-0.15, -0.1) is 0 Å². The maximum absolute atomic E-state index is 13.4. The molecule has 0 aromatic heterocycles. The number of benzene rings is 1. The van der Waals surface area contributed by atoms with Gasteiger partial charge in [-0.25, -0.2) is 9.18 Å². The highest BCUT2D eigenvalue weighted by molar-refractivity contribution is 6.39. The van der Waals surface area contributed by atoms with Crippen molar-refractivity contribution in [2.75, 3.05) is 0 Å². The summed E-state index contributed by atoms with van der Waals surface area (Å²) >= 11 is 11.4. The van der Waals surface area contributed by atoms with Gasteiger partial charge in [-0.1, -0.05) is 23.2 Å². The molecule has 1 aromatic carbocycles. The summed E-state index contributed by atoms with van der Waals surface area (Å²) in [6, 6.07) is 3.74. The maximum atomic E-state index is 13.4. The molecule has 0 aliphatic carbocycles. The molecule has 0 unspecified atom stereocenters. The molecule has 0 aliphatic heterocycles. The Labute approximate surface area is 111 Å². The van der Waals surface area contributed by atoms with Crippen LogP contribution in [0.1, 0.15) is 15.9 Å². The van der Waals surface area contributed by atoms with Gasteiger partial charge in [-0.2, -0.15) is 10.5 Å². The van der Waals surface area contributed by atoms with Crippen molar-refractivity contribution in [1.82, 2.24) is 0 Å². The van der Waals surface area contributed by atoms with Crippen LogP contribution in [0, 0.1) is 28.5 Å². The molecule has 0 saturated carbocycles. The Bertz CT molecular complexity index is 626. The van der Waals surface area contributed by atoms with E-state index in [2.05, 4.69) is 0 Å². The number of aromatic carboxylic acids is 1. The van der Waals surface area contributed by atoms with E-state index in [1.807, 2.05) is 0 Å². The van der Waals surface area contributed by atoms with Crippen LogP contribution >= 0.6 is 23.2 Å². The predicted molar refractivity (Wildman–Crippen MR) is 62.6 cm³/mol. The first-order valence-corrected chi connectivity index (χ1v) is 5.10. The number of carbonyl (C=O) groups is 1. The molecule has 18 heavy (non-hydrogen) atoms. The summed E-state index contributed by atoms with van der Waals surface area (Å²) in [5, 5.41) is 25.2. The number of hydrogen-bond acceptors (Lipinski definition) is 3. The molecule has 90 valence electrons. The summed E-state index contributed by atoms with van der Waals surface area (Å²) in [7, 11) is 0. The first-order chi connectivity index (χ1) is 8.42. The third-order valence-electron chi connectivity index (χ3n) is 1.95. The molecule has 0 amide bonds. The lowest BCUT2D eigenvalue weighted by atomic mass is 10.1. The number of rotatable bonds is 2. The minimum Gasteiger partial charge on any atom is -0.478 e. The third kappa shape index (κ3) is 2.60. The molecule has 1 N–H and O–H groups in total. The number of hydrogen-bond donors (Lipinski definition) is 1. The van der Waals surface area contributed by atoms with Crippen LogP contribution in [0.3, 0.4) is 0 Å². The van der Waals surface area contributed by atoms with Crippen LogP contribution in [0.5, 0.6) is 0 Å². The van der Waals surface area contributed by atoms with Crippen LogP contribution in [0.15, 0.2) is 11.6 Å². The topological polar surface area (TPSA) is 84.9 Å². The monoisotopic (exact) mass is 284 g/mol. The molecule has 0 radical (unpaired) electrons. The Kier molecular flexibility index (Phi) is 4.28. The third-order valence-corrected chi connectivity index (χ3v) is 2.74. The number of nitriles is 2. The van der Waals surface area contributed by atoms with Gasteiger partial charge in [-0.3, -0.25) is 0 Å². The minimum atomic E-state index is -1.44. The summed E-state index contributed by atoms with van der Waals surface area (Å²) < 4.78 is 13.4. The number of carboxylic acid groups (broad SMARTS) is 1. The number of allylic oxidation sites excluding steroid dienone is 1.